The highest BCUT2D eigenvalue weighted by atomic mass is 16.3. The Morgan fingerprint density at radius 3 is 2.56 bits per heavy atom. The van der Waals surface area contributed by atoms with Gasteiger partial charge in [-0.1, -0.05) is 42.0 Å². The van der Waals surface area contributed by atoms with E-state index in [-0.39, 0.29) is 0 Å². The SMILES string of the molecule is Cc1ccc(C)c(CNc2ccccc2CN2CCC(CO)CC2)c1. The maximum atomic E-state index is 9.30. The minimum atomic E-state index is 0.335. The zero-order valence-electron chi connectivity index (χ0n) is 15.5. The molecule has 0 spiro atoms. The highest BCUT2D eigenvalue weighted by Gasteiger charge is 2.19. The van der Waals surface area contributed by atoms with Gasteiger partial charge in [0, 0.05) is 25.4 Å². The Balaban J connectivity index is 1.64. The molecule has 3 heteroatoms. The van der Waals surface area contributed by atoms with E-state index in [4.69, 9.17) is 0 Å². The van der Waals surface area contributed by atoms with Gasteiger partial charge in [0.2, 0.25) is 0 Å². The van der Waals surface area contributed by atoms with E-state index in [0.717, 1.165) is 39.0 Å². The van der Waals surface area contributed by atoms with Gasteiger partial charge in [-0.3, -0.25) is 4.90 Å². The van der Waals surface area contributed by atoms with Gasteiger partial charge >= 0.3 is 0 Å². The lowest BCUT2D eigenvalue weighted by molar-refractivity contribution is 0.127. The third kappa shape index (κ3) is 4.83. The van der Waals surface area contributed by atoms with E-state index in [9.17, 15) is 5.11 Å². The molecule has 0 saturated carbocycles. The quantitative estimate of drug-likeness (QED) is 0.832. The zero-order valence-corrected chi connectivity index (χ0v) is 15.5. The number of benzene rings is 2. The van der Waals surface area contributed by atoms with Crippen molar-refractivity contribution < 1.29 is 5.11 Å². The molecule has 3 rings (SSSR count). The molecular formula is C22H30N2O. The van der Waals surface area contributed by atoms with Gasteiger partial charge in [0.15, 0.2) is 0 Å². The van der Waals surface area contributed by atoms with Gasteiger partial charge in [0.05, 0.1) is 0 Å². The molecule has 25 heavy (non-hydrogen) atoms. The smallest absolute Gasteiger partial charge is 0.0460 e. The molecule has 2 aromatic carbocycles. The van der Waals surface area contributed by atoms with Crippen LogP contribution in [0.2, 0.25) is 0 Å². The van der Waals surface area contributed by atoms with Crippen molar-refractivity contribution in [3.8, 4) is 0 Å². The molecule has 1 aliphatic heterocycles. The lowest BCUT2D eigenvalue weighted by atomic mass is 9.97. The van der Waals surface area contributed by atoms with E-state index in [2.05, 4.69) is 66.5 Å². The number of hydrogen-bond donors (Lipinski definition) is 2. The molecule has 0 unspecified atom stereocenters. The number of para-hydroxylation sites is 1. The Morgan fingerprint density at radius 1 is 1.04 bits per heavy atom. The van der Waals surface area contributed by atoms with Crippen LogP contribution in [0.4, 0.5) is 5.69 Å². The fraction of sp³-hybridized carbons (Fsp3) is 0.455. The Hall–Kier alpha value is -1.84. The summed E-state index contributed by atoms with van der Waals surface area (Å²) in [5.74, 6) is 0.494. The highest BCUT2D eigenvalue weighted by Crippen LogP contribution is 2.23. The number of hydrogen-bond acceptors (Lipinski definition) is 3. The molecule has 0 aromatic heterocycles. The second-order valence-electron chi connectivity index (χ2n) is 7.34. The minimum absolute atomic E-state index is 0.335. The second kappa shape index (κ2) is 8.50. The predicted octanol–water partition coefficient (Wildman–Crippen LogP) is 4.12. The lowest BCUT2D eigenvalue weighted by Crippen LogP contribution is -2.34. The topological polar surface area (TPSA) is 35.5 Å². The number of nitrogens with one attached hydrogen (secondary N) is 1. The van der Waals surface area contributed by atoms with Crippen LogP contribution < -0.4 is 5.32 Å². The Morgan fingerprint density at radius 2 is 1.80 bits per heavy atom. The van der Waals surface area contributed by atoms with Gasteiger partial charge in [-0.2, -0.15) is 0 Å². The predicted molar refractivity (Wildman–Crippen MR) is 105 cm³/mol. The molecular weight excluding hydrogens is 308 g/mol. The number of aliphatic hydroxyl groups excluding tert-OH is 1. The molecule has 0 aliphatic carbocycles. The maximum Gasteiger partial charge on any atom is 0.0460 e. The van der Waals surface area contributed by atoms with Gasteiger partial charge in [-0.05, 0) is 68.5 Å². The number of aryl methyl sites for hydroxylation is 2. The van der Waals surface area contributed by atoms with Crippen LogP contribution in [0.1, 0.15) is 35.1 Å². The summed E-state index contributed by atoms with van der Waals surface area (Å²) in [7, 11) is 0. The molecule has 1 saturated heterocycles. The van der Waals surface area contributed by atoms with E-state index in [1.165, 1.54) is 27.9 Å². The summed E-state index contributed by atoms with van der Waals surface area (Å²) in [6, 6.07) is 15.3. The summed E-state index contributed by atoms with van der Waals surface area (Å²) in [6.07, 6.45) is 2.21. The number of nitrogens with zero attached hydrogens (tertiary/aromatic N) is 1. The first kappa shape index (κ1) is 18.0. The molecule has 1 aliphatic rings. The monoisotopic (exact) mass is 338 g/mol. The molecule has 0 bridgehead atoms. The van der Waals surface area contributed by atoms with E-state index in [0.29, 0.717) is 12.5 Å². The number of piperidine rings is 1. The van der Waals surface area contributed by atoms with Crippen molar-refractivity contribution >= 4 is 5.69 Å². The molecule has 2 aromatic rings. The maximum absolute atomic E-state index is 9.30. The normalized spacial score (nSPS) is 16.1. The van der Waals surface area contributed by atoms with Crippen LogP contribution in [0.15, 0.2) is 42.5 Å². The third-order valence-corrected chi connectivity index (χ3v) is 5.35. The van der Waals surface area contributed by atoms with Crippen molar-refractivity contribution in [2.75, 3.05) is 25.0 Å². The number of anilines is 1. The Kier molecular flexibility index (Phi) is 6.11. The fourth-order valence-electron chi connectivity index (χ4n) is 3.58. The number of aliphatic hydroxyl groups is 1. The molecule has 3 nitrogen and oxygen atoms in total. The summed E-state index contributed by atoms with van der Waals surface area (Å²) in [6.45, 7) is 8.65. The second-order valence-corrected chi connectivity index (χ2v) is 7.34. The summed E-state index contributed by atoms with van der Waals surface area (Å²) in [5.41, 5.74) is 6.59. The largest absolute Gasteiger partial charge is 0.396 e. The van der Waals surface area contributed by atoms with Crippen molar-refractivity contribution in [3.05, 3.63) is 64.7 Å². The van der Waals surface area contributed by atoms with Crippen molar-refractivity contribution in [1.29, 1.82) is 0 Å². The molecule has 1 heterocycles. The van der Waals surface area contributed by atoms with Gasteiger partial charge in [-0.25, -0.2) is 0 Å². The van der Waals surface area contributed by atoms with E-state index >= 15 is 0 Å². The van der Waals surface area contributed by atoms with Crippen molar-refractivity contribution in [3.63, 3.8) is 0 Å². The molecule has 134 valence electrons. The molecule has 2 N–H and O–H groups in total. The van der Waals surface area contributed by atoms with E-state index in [1.54, 1.807) is 0 Å². The average molecular weight is 338 g/mol. The highest BCUT2D eigenvalue weighted by molar-refractivity contribution is 5.51. The first-order chi connectivity index (χ1) is 12.2. The summed E-state index contributed by atoms with van der Waals surface area (Å²) >= 11 is 0. The van der Waals surface area contributed by atoms with Crippen LogP contribution >= 0.6 is 0 Å². The summed E-state index contributed by atoms with van der Waals surface area (Å²) in [5, 5.41) is 12.9. The van der Waals surface area contributed by atoms with Crippen LogP contribution in [0, 0.1) is 19.8 Å². The van der Waals surface area contributed by atoms with Crippen LogP contribution in [-0.4, -0.2) is 29.7 Å². The van der Waals surface area contributed by atoms with E-state index < -0.39 is 0 Å². The molecule has 0 radical (unpaired) electrons. The first-order valence-corrected chi connectivity index (χ1v) is 9.37. The third-order valence-electron chi connectivity index (χ3n) is 5.35. The average Bonchev–Trinajstić information content (AvgIpc) is 2.64. The number of rotatable bonds is 6. The van der Waals surface area contributed by atoms with Crippen LogP contribution in [0.25, 0.3) is 0 Å². The van der Waals surface area contributed by atoms with Crippen LogP contribution in [-0.2, 0) is 13.1 Å². The minimum Gasteiger partial charge on any atom is -0.396 e. The van der Waals surface area contributed by atoms with Gasteiger partial charge < -0.3 is 10.4 Å². The van der Waals surface area contributed by atoms with Gasteiger partial charge in [0.1, 0.15) is 0 Å². The molecule has 0 amide bonds. The van der Waals surface area contributed by atoms with Crippen molar-refractivity contribution in [1.82, 2.24) is 4.90 Å². The van der Waals surface area contributed by atoms with Gasteiger partial charge in [0.25, 0.3) is 0 Å². The summed E-state index contributed by atoms with van der Waals surface area (Å²) in [4.78, 5) is 2.50. The Labute approximate surface area is 151 Å². The number of likely N-dealkylation sites (tertiary alicyclic amines) is 1. The van der Waals surface area contributed by atoms with Crippen LogP contribution in [0.5, 0.6) is 0 Å². The van der Waals surface area contributed by atoms with Gasteiger partial charge in [-0.15, -0.1) is 0 Å². The Bertz CT molecular complexity index is 690. The van der Waals surface area contributed by atoms with Crippen LogP contribution in [0.3, 0.4) is 0 Å². The van der Waals surface area contributed by atoms with E-state index in [1.807, 2.05) is 0 Å². The standard InChI is InChI=1S/C22H30N2O/c1-17-7-8-18(2)21(13-17)14-23-22-6-4-3-5-20(22)15-24-11-9-19(16-25)10-12-24/h3-8,13,19,23,25H,9-12,14-16H2,1-2H3. The zero-order chi connectivity index (χ0) is 17.6. The fourth-order valence-corrected chi connectivity index (χ4v) is 3.58. The van der Waals surface area contributed by atoms with Crippen molar-refractivity contribution in [2.45, 2.75) is 39.8 Å². The molecule has 0 atom stereocenters. The molecule has 1 fully saturated rings. The lowest BCUT2D eigenvalue weighted by Gasteiger charge is -2.31. The summed E-state index contributed by atoms with van der Waals surface area (Å²) < 4.78 is 0. The van der Waals surface area contributed by atoms with Crippen molar-refractivity contribution in [2.24, 2.45) is 5.92 Å². The first-order valence-electron chi connectivity index (χ1n) is 9.37.